The standard InChI is InChI=1S/C51H104N4O2/c1-4-7-10-13-16-19-22-25-28-31-34-37-40-52(41-38-35-32-29-26-23-20-17-14-11-8-5-2)43-44-53(45-46-54-47-49-55(50-48-54)51(56)57)42-39-36-33-30-27-24-21-18-15-12-9-6-3/h4-50H2,1-3H3,(H,56,57). The van der Waals surface area contributed by atoms with E-state index in [-0.39, 0.29) is 0 Å². The summed E-state index contributed by atoms with van der Waals surface area (Å²) in [6.07, 6.45) is 50.2. The molecule has 0 radical (unpaired) electrons. The quantitative estimate of drug-likeness (QED) is 0.0621. The highest BCUT2D eigenvalue weighted by atomic mass is 16.4. The van der Waals surface area contributed by atoms with Gasteiger partial charge in [0.05, 0.1) is 0 Å². The van der Waals surface area contributed by atoms with E-state index in [0.29, 0.717) is 13.1 Å². The summed E-state index contributed by atoms with van der Waals surface area (Å²) < 4.78 is 0. The topological polar surface area (TPSA) is 50.3 Å². The van der Waals surface area contributed by atoms with Crippen LogP contribution in [-0.4, -0.2) is 103 Å². The first kappa shape index (κ1) is 54.2. The molecule has 0 aromatic heterocycles. The normalized spacial score (nSPS) is 13.8. The second-order valence-electron chi connectivity index (χ2n) is 18.5. The number of piperazine rings is 1. The molecule has 6 nitrogen and oxygen atoms in total. The van der Waals surface area contributed by atoms with Gasteiger partial charge in [0.15, 0.2) is 0 Å². The smallest absolute Gasteiger partial charge is 0.407 e. The number of amides is 1. The van der Waals surface area contributed by atoms with E-state index in [1.807, 2.05) is 0 Å². The van der Waals surface area contributed by atoms with Crippen molar-refractivity contribution in [1.82, 2.24) is 19.6 Å². The number of carboxylic acid groups (broad SMARTS) is 1. The number of hydrogen-bond donors (Lipinski definition) is 1. The Hall–Kier alpha value is -0.850. The third-order valence-electron chi connectivity index (χ3n) is 13.1. The largest absolute Gasteiger partial charge is 0.465 e. The minimum absolute atomic E-state index is 0.653. The van der Waals surface area contributed by atoms with Crippen molar-refractivity contribution in [2.75, 3.05) is 72.0 Å². The molecule has 1 saturated heterocycles. The molecule has 1 heterocycles. The van der Waals surface area contributed by atoms with E-state index in [9.17, 15) is 9.90 Å². The summed E-state index contributed by atoms with van der Waals surface area (Å²) in [6, 6.07) is 0. The van der Waals surface area contributed by atoms with Gasteiger partial charge in [-0.1, -0.05) is 233 Å². The average Bonchev–Trinajstić information content (AvgIpc) is 3.22. The highest BCUT2D eigenvalue weighted by Gasteiger charge is 2.21. The van der Waals surface area contributed by atoms with Crippen LogP contribution >= 0.6 is 0 Å². The fourth-order valence-corrected chi connectivity index (χ4v) is 8.93. The van der Waals surface area contributed by atoms with Crippen LogP contribution in [0.3, 0.4) is 0 Å². The van der Waals surface area contributed by atoms with Crippen molar-refractivity contribution in [3.8, 4) is 0 Å². The van der Waals surface area contributed by atoms with Crippen LogP contribution in [0.2, 0.25) is 0 Å². The van der Waals surface area contributed by atoms with Crippen molar-refractivity contribution in [3.63, 3.8) is 0 Å². The van der Waals surface area contributed by atoms with Crippen LogP contribution < -0.4 is 0 Å². The Balaban J connectivity index is 2.52. The molecule has 0 bridgehead atoms. The summed E-state index contributed by atoms with van der Waals surface area (Å²) in [7, 11) is 0. The van der Waals surface area contributed by atoms with E-state index in [0.717, 1.165) is 26.2 Å². The first-order chi connectivity index (χ1) is 28.1. The number of hydrogen-bond acceptors (Lipinski definition) is 4. The first-order valence-corrected chi connectivity index (χ1v) is 26.3. The molecule has 1 fully saturated rings. The van der Waals surface area contributed by atoms with Crippen LogP contribution in [0.25, 0.3) is 0 Å². The van der Waals surface area contributed by atoms with E-state index in [1.165, 1.54) is 264 Å². The molecule has 0 spiro atoms. The Kier molecular flexibility index (Phi) is 41.1. The van der Waals surface area contributed by atoms with Crippen molar-refractivity contribution in [2.24, 2.45) is 0 Å². The molecule has 0 aromatic rings. The van der Waals surface area contributed by atoms with E-state index >= 15 is 0 Å². The monoisotopic (exact) mass is 805 g/mol. The summed E-state index contributed by atoms with van der Waals surface area (Å²) in [5, 5.41) is 9.43. The van der Waals surface area contributed by atoms with Crippen LogP contribution in [0.5, 0.6) is 0 Å². The van der Waals surface area contributed by atoms with Gasteiger partial charge in [0.2, 0.25) is 0 Å². The van der Waals surface area contributed by atoms with Crippen LogP contribution in [0.4, 0.5) is 4.79 Å². The molecular formula is C51H104N4O2. The molecule has 0 aliphatic carbocycles. The van der Waals surface area contributed by atoms with Crippen LogP contribution in [-0.2, 0) is 0 Å². The summed E-state index contributed by atoms with van der Waals surface area (Å²) in [5.74, 6) is 0. The lowest BCUT2D eigenvalue weighted by molar-refractivity contribution is 0.0975. The number of nitrogens with zero attached hydrogens (tertiary/aromatic N) is 4. The maximum Gasteiger partial charge on any atom is 0.407 e. The van der Waals surface area contributed by atoms with Crippen molar-refractivity contribution < 1.29 is 9.90 Å². The Bertz CT molecular complexity index is 776. The molecule has 0 saturated carbocycles. The predicted molar refractivity (Wildman–Crippen MR) is 252 cm³/mol. The maximum atomic E-state index is 11.5. The number of unbranched alkanes of at least 4 members (excludes halogenated alkanes) is 33. The van der Waals surface area contributed by atoms with Crippen molar-refractivity contribution >= 4 is 6.09 Å². The van der Waals surface area contributed by atoms with Crippen molar-refractivity contribution in [3.05, 3.63) is 0 Å². The molecule has 1 N–H and O–H groups in total. The Morgan fingerprint density at radius 1 is 0.351 bits per heavy atom. The van der Waals surface area contributed by atoms with Gasteiger partial charge in [-0.15, -0.1) is 0 Å². The number of rotatable bonds is 45. The third-order valence-corrected chi connectivity index (χ3v) is 13.1. The Labute approximate surface area is 358 Å². The van der Waals surface area contributed by atoms with Gasteiger partial charge < -0.3 is 19.8 Å². The highest BCUT2D eigenvalue weighted by molar-refractivity contribution is 5.65. The Morgan fingerprint density at radius 3 is 0.860 bits per heavy atom. The molecule has 0 unspecified atom stereocenters. The lowest BCUT2D eigenvalue weighted by Crippen LogP contribution is -2.50. The van der Waals surface area contributed by atoms with Crippen LogP contribution in [0, 0.1) is 0 Å². The fraction of sp³-hybridized carbons (Fsp3) is 0.980. The SMILES string of the molecule is CCCCCCCCCCCCCCN(CCCCCCCCCCCCCC)CCN(CCCCCCCCCCCCCC)CCN1CCN(C(=O)O)CC1. The van der Waals surface area contributed by atoms with Gasteiger partial charge in [-0.05, 0) is 38.9 Å². The lowest BCUT2D eigenvalue weighted by atomic mass is 10.0. The van der Waals surface area contributed by atoms with E-state index in [2.05, 4.69) is 35.5 Å². The molecular weight excluding hydrogens is 701 g/mol. The Morgan fingerprint density at radius 2 is 0.596 bits per heavy atom. The first-order valence-electron chi connectivity index (χ1n) is 26.3. The van der Waals surface area contributed by atoms with Crippen LogP contribution in [0.1, 0.15) is 252 Å². The van der Waals surface area contributed by atoms with Gasteiger partial charge in [-0.25, -0.2) is 4.79 Å². The van der Waals surface area contributed by atoms with Gasteiger partial charge in [0.25, 0.3) is 0 Å². The maximum absolute atomic E-state index is 11.5. The summed E-state index contributed by atoms with van der Waals surface area (Å²) in [4.78, 5) is 21.2. The molecule has 0 aromatic carbocycles. The second-order valence-corrected chi connectivity index (χ2v) is 18.5. The van der Waals surface area contributed by atoms with Crippen LogP contribution in [0.15, 0.2) is 0 Å². The number of carbonyl (C=O) groups is 1. The molecule has 1 rings (SSSR count). The predicted octanol–water partition coefficient (Wildman–Crippen LogP) is 15.0. The molecule has 0 atom stereocenters. The third kappa shape index (κ3) is 36.7. The molecule has 57 heavy (non-hydrogen) atoms. The van der Waals surface area contributed by atoms with E-state index in [1.54, 1.807) is 4.90 Å². The van der Waals surface area contributed by atoms with Gasteiger partial charge in [0.1, 0.15) is 0 Å². The van der Waals surface area contributed by atoms with Crippen molar-refractivity contribution in [2.45, 2.75) is 252 Å². The second kappa shape index (κ2) is 43.2. The van der Waals surface area contributed by atoms with Gasteiger partial charge in [-0.3, -0.25) is 4.90 Å². The minimum Gasteiger partial charge on any atom is -0.465 e. The zero-order valence-electron chi connectivity index (χ0n) is 39.4. The average molecular weight is 805 g/mol. The molecule has 1 aliphatic heterocycles. The molecule has 6 heteroatoms. The summed E-state index contributed by atoms with van der Waals surface area (Å²) in [5.41, 5.74) is 0. The summed E-state index contributed by atoms with van der Waals surface area (Å²) in [6.45, 7) is 18.4. The van der Waals surface area contributed by atoms with Gasteiger partial charge in [-0.2, -0.15) is 0 Å². The zero-order chi connectivity index (χ0) is 41.1. The van der Waals surface area contributed by atoms with E-state index < -0.39 is 6.09 Å². The minimum atomic E-state index is -0.760. The lowest BCUT2D eigenvalue weighted by Gasteiger charge is -2.35. The molecule has 340 valence electrons. The highest BCUT2D eigenvalue weighted by Crippen LogP contribution is 2.16. The van der Waals surface area contributed by atoms with Gasteiger partial charge >= 0.3 is 6.09 Å². The molecule has 1 aliphatic rings. The molecule has 1 amide bonds. The fourth-order valence-electron chi connectivity index (χ4n) is 8.93. The summed E-state index contributed by atoms with van der Waals surface area (Å²) >= 11 is 0. The van der Waals surface area contributed by atoms with Gasteiger partial charge in [0, 0.05) is 52.4 Å². The van der Waals surface area contributed by atoms with Crippen molar-refractivity contribution in [1.29, 1.82) is 0 Å². The zero-order valence-corrected chi connectivity index (χ0v) is 39.4. The van der Waals surface area contributed by atoms with E-state index in [4.69, 9.17) is 0 Å².